The van der Waals surface area contributed by atoms with Crippen molar-refractivity contribution < 1.29 is 8.42 Å². The van der Waals surface area contributed by atoms with Gasteiger partial charge < -0.3 is 4.90 Å². The maximum atomic E-state index is 12.5. The number of likely N-dealkylation sites (tertiary alicyclic amines) is 1. The minimum absolute atomic E-state index is 0.250. The zero-order valence-corrected chi connectivity index (χ0v) is 16.2. The molecule has 1 aliphatic rings. The number of aryl methyl sites for hydroxylation is 1. The fraction of sp³-hybridized carbons (Fsp3) is 0.526. The third-order valence-electron chi connectivity index (χ3n) is 4.88. The van der Waals surface area contributed by atoms with E-state index in [0.29, 0.717) is 19.0 Å². The smallest absolute Gasteiger partial charge is 0.257 e. The molecule has 2 aromatic rings. The lowest BCUT2D eigenvalue weighted by atomic mass is 9.91. The Kier molecular flexibility index (Phi) is 6.45. The number of piperidine rings is 1. The van der Waals surface area contributed by atoms with Gasteiger partial charge in [-0.1, -0.05) is 37.3 Å². The molecule has 7 heteroatoms. The van der Waals surface area contributed by atoms with Gasteiger partial charge in [0, 0.05) is 26.2 Å². The highest BCUT2D eigenvalue weighted by Crippen LogP contribution is 2.26. The summed E-state index contributed by atoms with van der Waals surface area (Å²) in [5.41, 5.74) is 1.38. The first-order valence-corrected chi connectivity index (χ1v) is 10.9. The number of aromatic nitrogens is 2. The Morgan fingerprint density at radius 3 is 2.77 bits per heavy atom. The fourth-order valence-corrected chi connectivity index (χ4v) is 4.76. The molecule has 1 aliphatic heterocycles. The Hall–Kier alpha value is -1.70. The third-order valence-corrected chi connectivity index (χ3v) is 6.37. The number of hydrogen-bond acceptors (Lipinski definition) is 4. The average molecular weight is 377 g/mol. The fourth-order valence-electron chi connectivity index (χ4n) is 3.60. The van der Waals surface area contributed by atoms with Crippen LogP contribution < -0.4 is 4.72 Å². The predicted molar refractivity (Wildman–Crippen MR) is 103 cm³/mol. The normalized spacial score (nSPS) is 18.9. The van der Waals surface area contributed by atoms with Gasteiger partial charge >= 0.3 is 0 Å². The number of nitrogens with zero attached hydrogens (tertiary/aromatic N) is 3. The van der Waals surface area contributed by atoms with E-state index in [1.54, 1.807) is 16.9 Å². The molecule has 1 N–H and O–H groups in total. The van der Waals surface area contributed by atoms with Crippen LogP contribution in [0, 0.1) is 0 Å². The second-order valence-electron chi connectivity index (χ2n) is 6.84. The molecule has 1 aromatic heterocycles. The topological polar surface area (TPSA) is 67.2 Å². The van der Waals surface area contributed by atoms with E-state index in [0.717, 1.165) is 32.5 Å². The number of hydrogen-bond donors (Lipinski definition) is 1. The highest BCUT2D eigenvalue weighted by molar-refractivity contribution is 7.89. The maximum Gasteiger partial charge on any atom is 0.257 e. The average Bonchev–Trinajstić information content (AvgIpc) is 3.12. The Morgan fingerprint density at radius 2 is 2.00 bits per heavy atom. The van der Waals surface area contributed by atoms with Gasteiger partial charge in [0.2, 0.25) is 0 Å². The number of benzene rings is 1. The van der Waals surface area contributed by atoms with Crippen molar-refractivity contribution in [3.05, 3.63) is 48.2 Å². The molecule has 0 bridgehead atoms. The van der Waals surface area contributed by atoms with E-state index in [1.807, 2.05) is 13.0 Å². The highest BCUT2D eigenvalue weighted by atomic mass is 32.2. The molecule has 3 rings (SSSR count). The van der Waals surface area contributed by atoms with Gasteiger partial charge in [-0.3, -0.25) is 4.68 Å². The van der Waals surface area contributed by atoms with Crippen LogP contribution >= 0.6 is 0 Å². The maximum absolute atomic E-state index is 12.5. The van der Waals surface area contributed by atoms with Crippen LogP contribution in [0.25, 0.3) is 0 Å². The van der Waals surface area contributed by atoms with E-state index in [9.17, 15) is 8.42 Å². The van der Waals surface area contributed by atoms with E-state index in [2.05, 4.69) is 39.0 Å². The first-order chi connectivity index (χ1) is 12.6. The summed E-state index contributed by atoms with van der Waals surface area (Å²) in [5.74, 6) is 0.535. The summed E-state index contributed by atoms with van der Waals surface area (Å²) in [6.07, 6.45) is 4.73. The first-order valence-electron chi connectivity index (χ1n) is 9.39. The quantitative estimate of drug-likeness (QED) is 0.768. The summed E-state index contributed by atoms with van der Waals surface area (Å²) < 4.78 is 29.3. The number of rotatable bonds is 8. The lowest BCUT2D eigenvalue weighted by molar-refractivity contribution is 0.211. The van der Waals surface area contributed by atoms with Crippen LogP contribution in [0.2, 0.25) is 0 Å². The predicted octanol–water partition coefficient (Wildman–Crippen LogP) is 2.45. The molecular formula is C19H28N4O2S. The molecule has 0 spiro atoms. The third kappa shape index (κ3) is 4.72. The Morgan fingerprint density at radius 1 is 1.19 bits per heavy atom. The molecule has 142 valence electrons. The van der Waals surface area contributed by atoms with Crippen molar-refractivity contribution in [2.75, 3.05) is 26.2 Å². The molecule has 1 atom stereocenters. The van der Waals surface area contributed by atoms with E-state index in [1.165, 1.54) is 12.0 Å². The van der Waals surface area contributed by atoms with Crippen molar-refractivity contribution in [2.45, 2.75) is 43.7 Å². The van der Waals surface area contributed by atoms with E-state index >= 15 is 0 Å². The van der Waals surface area contributed by atoms with Crippen LogP contribution in [0.3, 0.4) is 0 Å². The summed E-state index contributed by atoms with van der Waals surface area (Å²) in [5, 5.41) is 4.35. The molecule has 26 heavy (non-hydrogen) atoms. The lowest BCUT2D eigenvalue weighted by Crippen LogP contribution is -2.40. The van der Waals surface area contributed by atoms with Gasteiger partial charge in [0.05, 0.1) is 6.20 Å². The van der Waals surface area contributed by atoms with Crippen LogP contribution in [-0.2, 0) is 16.6 Å². The molecule has 1 fully saturated rings. The van der Waals surface area contributed by atoms with Gasteiger partial charge in [-0.15, -0.1) is 0 Å². The Labute approximate surface area is 156 Å². The van der Waals surface area contributed by atoms with Gasteiger partial charge in [0.1, 0.15) is 0 Å². The van der Waals surface area contributed by atoms with Crippen LogP contribution in [0.1, 0.15) is 37.7 Å². The molecule has 1 saturated heterocycles. The van der Waals surface area contributed by atoms with Gasteiger partial charge in [0.25, 0.3) is 10.0 Å². The number of nitrogens with one attached hydrogen (secondary N) is 1. The Bertz CT molecular complexity index is 789. The second kappa shape index (κ2) is 8.79. The zero-order valence-electron chi connectivity index (χ0n) is 15.3. The summed E-state index contributed by atoms with van der Waals surface area (Å²) in [7, 11) is -3.51. The van der Waals surface area contributed by atoms with Crippen LogP contribution in [0.5, 0.6) is 0 Å². The lowest BCUT2D eigenvalue weighted by Gasteiger charge is -2.33. The zero-order chi connectivity index (χ0) is 18.4. The van der Waals surface area contributed by atoms with Crippen molar-refractivity contribution in [1.82, 2.24) is 19.4 Å². The summed E-state index contributed by atoms with van der Waals surface area (Å²) in [6, 6.07) is 12.1. The first kappa shape index (κ1) is 19.1. The summed E-state index contributed by atoms with van der Waals surface area (Å²) in [6.45, 7) is 5.77. The number of sulfonamides is 1. The van der Waals surface area contributed by atoms with Crippen molar-refractivity contribution >= 4 is 10.0 Å². The molecule has 0 amide bonds. The van der Waals surface area contributed by atoms with Gasteiger partial charge in [0.15, 0.2) is 5.03 Å². The molecule has 0 radical (unpaired) electrons. The molecule has 6 nitrogen and oxygen atoms in total. The molecular weight excluding hydrogens is 348 g/mol. The van der Waals surface area contributed by atoms with E-state index in [-0.39, 0.29) is 5.03 Å². The van der Waals surface area contributed by atoms with Crippen LogP contribution in [0.4, 0.5) is 0 Å². The molecule has 2 heterocycles. The molecule has 0 aliphatic carbocycles. The molecule has 0 saturated carbocycles. The molecule has 0 unspecified atom stereocenters. The standard InChI is InChI=1S/C19H28N4O2S/c1-2-13-23-19(10-11-20-23)26(24,25)21-12-15-22-14-6-9-18(16-22)17-7-4-3-5-8-17/h3-5,7-8,10-11,18,21H,2,6,9,12-16H2,1H3/t18-/m0/s1. The molecule has 1 aromatic carbocycles. The highest BCUT2D eigenvalue weighted by Gasteiger charge is 2.22. The minimum atomic E-state index is -3.51. The van der Waals surface area contributed by atoms with Gasteiger partial charge in [-0.05, 0) is 43.4 Å². The minimum Gasteiger partial charge on any atom is -0.301 e. The van der Waals surface area contributed by atoms with Crippen LogP contribution in [0.15, 0.2) is 47.6 Å². The van der Waals surface area contributed by atoms with Crippen molar-refractivity contribution in [3.63, 3.8) is 0 Å². The van der Waals surface area contributed by atoms with Crippen molar-refractivity contribution in [2.24, 2.45) is 0 Å². The van der Waals surface area contributed by atoms with E-state index < -0.39 is 10.0 Å². The van der Waals surface area contributed by atoms with Crippen molar-refractivity contribution in [1.29, 1.82) is 0 Å². The van der Waals surface area contributed by atoms with E-state index in [4.69, 9.17) is 0 Å². The van der Waals surface area contributed by atoms with Crippen molar-refractivity contribution in [3.8, 4) is 0 Å². The monoisotopic (exact) mass is 376 g/mol. The summed E-state index contributed by atoms with van der Waals surface area (Å²) >= 11 is 0. The summed E-state index contributed by atoms with van der Waals surface area (Å²) in [4.78, 5) is 2.35. The Balaban J connectivity index is 1.53. The second-order valence-corrected chi connectivity index (χ2v) is 8.55. The largest absolute Gasteiger partial charge is 0.301 e. The van der Waals surface area contributed by atoms with Crippen LogP contribution in [-0.4, -0.2) is 49.3 Å². The van der Waals surface area contributed by atoms with Gasteiger partial charge in [-0.25, -0.2) is 13.1 Å². The SMILES string of the molecule is CCCn1nccc1S(=O)(=O)NCCN1CCC[C@H](c2ccccc2)C1. The van der Waals surface area contributed by atoms with Gasteiger partial charge in [-0.2, -0.15) is 5.10 Å².